The van der Waals surface area contributed by atoms with Crippen molar-refractivity contribution in [1.29, 1.82) is 0 Å². The normalized spacial score (nSPS) is 21.1. The van der Waals surface area contributed by atoms with Crippen LogP contribution in [0.2, 0.25) is 0 Å². The molecule has 0 aromatic heterocycles. The molecule has 8 nitrogen and oxygen atoms in total. The summed E-state index contributed by atoms with van der Waals surface area (Å²) in [6.45, 7) is -0.322. The number of rotatable bonds is 5. The lowest BCUT2D eigenvalue weighted by atomic mass is 9.78. The van der Waals surface area contributed by atoms with Gasteiger partial charge in [-0.3, -0.25) is 9.59 Å². The Morgan fingerprint density at radius 2 is 1.89 bits per heavy atom. The molecule has 102 valence electrons. The molecule has 8 heteroatoms. The number of nitrogens with zero attached hydrogens (tertiary/aromatic N) is 1. The fourth-order valence-electron chi connectivity index (χ4n) is 2.44. The molecule has 1 atom stereocenters. The summed E-state index contributed by atoms with van der Waals surface area (Å²) in [7, 11) is 2.33. The summed E-state index contributed by atoms with van der Waals surface area (Å²) in [6, 6.07) is 0. The minimum atomic E-state index is -1.49. The predicted molar refractivity (Wildman–Crippen MR) is 56.8 cm³/mol. The lowest BCUT2D eigenvalue weighted by molar-refractivity contribution is -0.759. The van der Waals surface area contributed by atoms with Crippen LogP contribution in [0.5, 0.6) is 0 Å². The van der Waals surface area contributed by atoms with Gasteiger partial charge in [0.25, 0.3) is 5.09 Å². The van der Waals surface area contributed by atoms with Crippen LogP contribution in [0.1, 0.15) is 19.3 Å². The molecule has 0 radical (unpaired) electrons. The Morgan fingerprint density at radius 1 is 1.33 bits per heavy atom. The van der Waals surface area contributed by atoms with Gasteiger partial charge >= 0.3 is 11.9 Å². The van der Waals surface area contributed by atoms with Crippen LogP contribution in [0.3, 0.4) is 0 Å². The number of hydrogen-bond acceptors (Lipinski definition) is 7. The van der Waals surface area contributed by atoms with Gasteiger partial charge in [-0.25, -0.2) is 0 Å². The second-order valence-corrected chi connectivity index (χ2v) is 4.06. The summed E-state index contributed by atoms with van der Waals surface area (Å²) < 4.78 is 9.26. The van der Waals surface area contributed by atoms with Crippen molar-refractivity contribution in [1.82, 2.24) is 0 Å². The van der Waals surface area contributed by atoms with Gasteiger partial charge in [0, 0.05) is 5.92 Å². The summed E-state index contributed by atoms with van der Waals surface area (Å²) >= 11 is 0. The van der Waals surface area contributed by atoms with Crippen LogP contribution in [0, 0.1) is 21.4 Å². The minimum absolute atomic E-state index is 0.248. The molecule has 1 aliphatic carbocycles. The van der Waals surface area contributed by atoms with E-state index in [1.807, 2.05) is 0 Å². The molecule has 1 unspecified atom stereocenters. The quantitative estimate of drug-likeness (QED) is 0.304. The first kappa shape index (κ1) is 14.2. The molecule has 0 N–H and O–H groups in total. The number of carbonyl (C=O) groups is 2. The van der Waals surface area contributed by atoms with Crippen molar-refractivity contribution in [3.63, 3.8) is 0 Å². The first-order valence-electron chi connectivity index (χ1n) is 5.43. The van der Waals surface area contributed by atoms with Gasteiger partial charge in [-0.2, -0.15) is 0 Å². The van der Waals surface area contributed by atoms with E-state index in [0.717, 1.165) is 14.2 Å². The number of methoxy groups -OCH3 is 2. The molecular weight excluding hydrogens is 246 g/mol. The summed E-state index contributed by atoms with van der Waals surface area (Å²) in [5, 5.41) is 9.25. The summed E-state index contributed by atoms with van der Waals surface area (Å²) in [4.78, 5) is 38.2. The molecule has 0 aromatic carbocycles. The molecule has 18 heavy (non-hydrogen) atoms. The largest absolute Gasteiger partial charge is 0.468 e. The minimum Gasteiger partial charge on any atom is -0.468 e. The van der Waals surface area contributed by atoms with Gasteiger partial charge in [0.15, 0.2) is 5.41 Å². The SMILES string of the molecule is COC(=O)C1(C(=O)OC)CCCC1CO[N+](=O)[O-]. The average molecular weight is 261 g/mol. The van der Waals surface area contributed by atoms with E-state index in [2.05, 4.69) is 14.3 Å². The highest BCUT2D eigenvalue weighted by atomic mass is 16.9. The number of ether oxygens (including phenoxy) is 2. The third kappa shape index (κ3) is 2.36. The van der Waals surface area contributed by atoms with Gasteiger partial charge in [0.05, 0.1) is 14.2 Å². The zero-order chi connectivity index (χ0) is 13.8. The first-order valence-corrected chi connectivity index (χ1v) is 5.43. The molecule has 0 bridgehead atoms. The molecule has 1 aliphatic rings. The Bertz CT molecular complexity index is 338. The fraction of sp³-hybridized carbons (Fsp3) is 0.800. The number of hydrogen-bond donors (Lipinski definition) is 0. The van der Waals surface area contributed by atoms with E-state index in [-0.39, 0.29) is 13.0 Å². The highest BCUT2D eigenvalue weighted by Crippen LogP contribution is 2.45. The van der Waals surface area contributed by atoms with E-state index in [9.17, 15) is 19.7 Å². The van der Waals surface area contributed by atoms with Gasteiger partial charge in [0.1, 0.15) is 6.61 Å². The van der Waals surface area contributed by atoms with Crippen LogP contribution in [0.4, 0.5) is 0 Å². The maximum Gasteiger partial charge on any atom is 0.323 e. The molecule has 0 heterocycles. The zero-order valence-corrected chi connectivity index (χ0v) is 10.2. The standard InChI is InChI=1S/C10H15NO7/c1-16-8(12)10(9(13)17-2)5-3-4-7(10)6-18-11(14)15/h7H,3-6H2,1-2H3. The van der Waals surface area contributed by atoms with Crippen LogP contribution in [-0.2, 0) is 23.9 Å². The number of esters is 2. The molecule has 0 saturated heterocycles. The van der Waals surface area contributed by atoms with Crippen LogP contribution >= 0.6 is 0 Å². The van der Waals surface area contributed by atoms with Gasteiger partial charge in [-0.15, -0.1) is 10.1 Å². The second-order valence-electron chi connectivity index (χ2n) is 4.06. The maximum atomic E-state index is 11.8. The molecule has 0 spiro atoms. The molecule has 0 aliphatic heterocycles. The highest BCUT2D eigenvalue weighted by Gasteiger charge is 2.57. The van der Waals surface area contributed by atoms with E-state index in [1.54, 1.807) is 0 Å². The van der Waals surface area contributed by atoms with E-state index < -0.39 is 28.4 Å². The lowest BCUT2D eigenvalue weighted by Gasteiger charge is -2.29. The van der Waals surface area contributed by atoms with Gasteiger partial charge in [0.2, 0.25) is 0 Å². The Morgan fingerprint density at radius 3 is 2.33 bits per heavy atom. The van der Waals surface area contributed by atoms with Crippen molar-refractivity contribution in [3.8, 4) is 0 Å². The zero-order valence-electron chi connectivity index (χ0n) is 10.2. The molecule has 1 saturated carbocycles. The molecule has 0 aromatic rings. The maximum absolute atomic E-state index is 11.8. The fourth-order valence-corrected chi connectivity index (χ4v) is 2.44. The van der Waals surface area contributed by atoms with Gasteiger partial charge in [-0.1, -0.05) is 6.42 Å². The van der Waals surface area contributed by atoms with Crippen LogP contribution < -0.4 is 0 Å². The topological polar surface area (TPSA) is 105 Å². The summed E-state index contributed by atoms with van der Waals surface area (Å²) in [6.07, 6.45) is 1.30. The molecule has 1 fully saturated rings. The molecule has 0 amide bonds. The van der Waals surface area contributed by atoms with E-state index in [0.29, 0.717) is 12.8 Å². The molecule has 1 rings (SSSR count). The monoisotopic (exact) mass is 261 g/mol. The van der Waals surface area contributed by atoms with Crippen LogP contribution in [0.25, 0.3) is 0 Å². The predicted octanol–water partition coefficient (Wildman–Crippen LogP) is 0.327. The average Bonchev–Trinajstić information content (AvgIpc) is 2.79. The Hall–Kier alpha value is -1.86. The Kier molecular flexibility index (Phi) is 4.46. The Labute approximate surface area is 103 Å². The van der Waals surface area contributed by atoms with Crippen molar-refractivity contribution < 1.29 is 29.0 Å². The van der Waals surface area contributed by atoms with Crippen molar-refractivity contribution in [2.75, 3.05) is 20.8 Å². The second kappa shape index (κ2) is 5.65. The smallest absolute Gasteiger partial charge is 0.323 e. The first-order chi connectivity index (χ1) is 8.48. The van der Waals surface area contributed by atoms with Gasteiger partial charge < -0.3 is 14.3 Å². The van der Waals surface area contributed by atoms with E-state index in [1.165, 1.54) is 0 Å². The summed E-state index contributed by atoms with van der Waals surface area (Å²) in [5.74, 6) is -2.07. The van der Waals surface area contributed by atoms with Crippen molar-refractivity contribution >= 4 is 11.9 Å². The van der Waals surface area contributed by atoms with Crippen molar-refractivity contribution in [2.45, 2.75) is 19.3 Å². The third-order valence-electron chi connectivity index (χ3n) is 3.30. The summed E-state index contributed by atoms with van der Waals surface area (Å²) in [5.41, 5.74) is -1.49. The highest BCUT2D eigenvalue weighted by molar-refractivity contribution is 6.00. The van der Waals surface area contributed by atoms with Crippen LogP contribution in [-0.4, -0.2) is 37.9 Å². The third-order valence-corrected chi connectivity index (χ3v) is 3.30. The van der Waals surface area contributed by atoms with Crippen LogP contribution in [0.15, 0.2) is 0 Å². The Balaban J connectivity index is 2.96. The van der Waals surface area contributed by atoms with Crippen molar-refractivity contribution in [3.05, 3.63) is 10.1 Å². The number of carbonyl (C=O) groups excluding carboxylic acids is 2. The van der Waals surface area contributed by atoms with E-state index >= 15 is 0 Å². The van der Waals surface area contributed by atoms with E-state index in [4.69, 9.17) is 0 Å². The van der Waals surface area contributed by atoms with Gasteiger partial charge in [-0.05, 0) is 12.8 Å². The lowest BCUT2D eigenvalue weighted by Crippen LogP contribution is -2.45. The van der Waals surface area contributed by atoms with Crippen molar-refractivity contribution in [2.24, 2.45) is 11.3 Å². The molecular formula is C10H15NO7.